The van der Waals surface area contributed by atoms with Crippen LogP contribution in [0.4, 0.5) is 5.69 Å². The smallest absolute Gasteiger partial charge is 0.291 e. The van der Waals surface area contributed by atoms with Crippen LogP contribution < -0.4 is 5.32 Å². The van der Waals surface area contributed by atoms with Gasteiger partial charge in [0.05, 0.1) is 0 Å². The molecule has 0 atom stereocenters. The molecule has 132 valence electrons. The molecule has 0 aliphatic rings. The zero-order chi connectivity index (χ0) is 18.6. The molecule has 3 nitrogen and oxygen atoms in total. The molecule has 0 saturated heterocycles. The Kier molecular flexibility index (Phi) is 4.77. The highest BCUT2D eigenvalue weighted by Gasteiger charge is 2.12. The standard InChI is InChI=1S/C23H16ClNO2/c24-19-10-13-21-18(14-19)15-22(27-21)23(26)25-20-11-8-17(9-12-20)7-6-16-4-2-1-3-5-16/h1-15H,(H,25,26)/b7-6+. The van der Waals surface area contributed by atoms with Crippen LogP contribution in [-0.2, 0) is 0 Å². The number of furan rings is 1. The summed E-state index contributed by atoms with van der Waals surface area (Å²) in [6.07, 6.45) is 4.08. The van der Waals surface area contributed by atoms with E-state index in [-0.39, 0.29) is 11.7 Å². The summed E-state index contributed by atoms with van der Waals surface area (Å²) in [5, 5.41) is 4.25. The number of nitrogens with one attached hydrogen (secondary N) is 1. The van der Waals surface area contributed by atoms with Gasteiger partial charge in [0.1, 0.15) is 5.58 Å². The van der Waals surface area contributed by atoms with Crippen LogP contribution in [0.2, 0.25) is 5.02 Å². The molecule has 0 saturated carbocycles. The van der Waals surface area contributed by atoms with E-state index in [2.05, 4.69) is 5.32 Å². The predicted molar refractivity (Wildman–Crippen MR) is 111 cm³/mol. The molecule has 0 bridgehead atoms. The lowest BCUT2D eigenvalue weighted by molar-refractivity contribution is 0.0998. The molecule has 27 heavy (non-hydrogen) atoms. The lowest BCUT2D eigenvalue weighted by Crippen LogP contribution is -2.10. The molecule has 4 rings (SSSR count). The Labute approximate surface area is 161 Å². The molecule has 1 N–H and O–H groups in total. The van der Waals surface area contributed by atoms with Crippen molar-refractivity contribution >= 4 is 46.3 Å². The molecular weight excluding hydrogens is 358 g/mol. The van der Waals surface area contributed by atoms with Gasteiger partial charge in [-0.05, 0) is 47.5 Å². The second kappa shape index (κ2) is 7.52. The Balaban J connectivity index is 1.45. The van der Waals surface area contributed by atoms with Gasteiger partial charge in [0.2, 0.25) is 0 Å². The molecule has 0 aliphatic heterocycles. The van der Waals surface area contributed by atoms with E-state index in [1.807, 2.05) is 66.7 Å². The van der Waals surface area contributed by atoms with Crippen molar-refractivity contribution in [2.75, 3.05) is 5.32 Å². The summed E-state index contributed by atoms with van der Waals surface area (Å²) >= 11 is 5.97. The molecule has 0 spiro atoms. The van der Waals surface area contributed by atoms with Crippen LogP contribution in [0.3, 0.4) is 0 Å². The van der Waals surface area contributed by atoms with Crippen molar-refractivity contribution in [1.82, 2.24) is 0 Å². The van der Waals surface area contributed by atoms with E-state index in [1.54, 1.807) is 24.3 Å². The van der Waals surface area contributed by atoms with Crippen molar-refractivity contribution in [3.05, 3.63) is 101 Å². The van der Waals surface area contributed by atoms with E-state index in [1.165, 1.54) is 0 Å². The Hall–Kier alpha value is -3.30. The summed E-state index contributed by atoms with van der Waals surface area (Å²) in [6.45, 7) is 0. The van der Waals surface area contributed by atoms with Crippen LogP contribution in [0.15, 0.2) is 83.3 Å². The summed E-state index contributed by atoms with van der Waals surface area (Å²) < 4.78 is 5.59. The number of halogens is 1. The largest absolute Gasteiger partial charge is 0.451 e. The molecule has 4 aromatic rings. The summed E-state index contributed by atoms with van der Waals surface area (Å²) in [4.78, 5) is 12.4. The van der Waals surface area contributed by atoms with Crippen LogP contribution in [0.25, 0.3) is 23.1 Å². The zero-order valence-corrected chi connectivity index (χ0v) is 15.1. The molecule has 0 aliphatic carbocycles. The third-order valence-electron chi connectivity index (χ3n) is 4.14. The van der Waals surface area contributed by atoms with Crippen LogP contribution in [0, 0.1) is 0 Å². The van der Waals surface area contributed by atoms with Crippen LogP contribution in [0.1, 0.15) is 21.7 Å². The number of hydrogen-bond donors (Lipinski definition) is 1. The van der Waals surface area contributed by atoms with Crippen LogP contribution in [-0.4, -0.2) is 5.91 Å². The second-order valence-corrected chi connectivity index (χ2v) is 6.55. The third-order valence-corrected chi connectivity index (χ3v) is 4.37. The maximum Gasteiger partial charge on any atom is 0.291 e. The maximum absolute atomic E-state index is 12.4. The fourth-order valence-corrected chi connectivity index (χ4v) is 2.93. The predicted octanol–water partition coefficient (Wildman–Crippen LogP) is 6.51. The average molecular weight is 374 g/mol. The van der Waals surface area contributed by atoms with Gasteiger partial charge in [-0.2, -0.15) is 0 Å². The van der Waals surface area contributed by atoms with Gasteiger partial charge >= 0.3 is 0 Å². The molecule has 0 fully saturated rings. The normalized spacial score (nSPS) is 11.1. The minimum Gasteiger partial charge on any atom is -0.451 e. The maximum atomic E-state index is 12.4. The summed E-state index contributed by atoms with van der Waals surface area (Å²) in [5.74, 6) is -0.0461. The average Bonchev–Trinajstić information content (AvgIpc) is 3.11. The first kappa shape index (κ1) is 17.1. The highest BCUT2D eigenvalue weighted by atomic mass is 35.5. The molecular formula is C23H16ClNO2. The van der Waals surface area contributed by atoms with Gasteiger partial charge < -0.3 is 9.73 Å². The van der Waals surface area contributed by atoms with Crippen LogP contribution in [0.5, 0.6) is 0 Å². The van der Waals surface area contributed by atoms with Crippen molar-refractivity contribution in [2.45, 2.75) is 0 Å². The Morgan fingerprint density at radius 1 is 0.852 bits per heavy atom. The Morgan fingerprint density at radius 3 is 2.30 bits per heavy atom. The highest BCUT2D eigenvalue weighted by Crippen LogP contribution is 2.24. The topological polar surface area (TPSA) is 42.2 Å². The number of benzene rings is 3. The van der Waals surface area contributed by atoms with Gasteiger partial charge in [-0.3, -0.25) is 4.79 Å². The number of fused-ring (bicyclic) bond motifs is 1. The van der Waals surface area contributed by atoms with Crippen LogP contribution >= 0.6 is 11.6 Å². The van der Waals surface area contributed by atoms with E-state index in [0.29, 0.717) is 16.3 Å². The van der Waals surface area contributed by atoms with Gasteiger partial charge in [0.15, 0.2) is 5.76 Å². The molecule has 0 radical (unpaired) electrons. The van der Waals surface area contributed by atoms with E-state index >= 15 is 0 Å². The lowest BCUT2D eigenvalue weighted by atomic mass is 10.1. The fourth-order valence-electron chi connectivity index (χ4n) is 2.75. The second-order valence-electron chi connectivity index (χ2n) is 6.11. The number of amides is 1. The van der Waals surface area contributed by atoms with Crippen molar-refractivity contribution in [1.29, 1.82) is 0 Å². The van der Waals surface area contributed by atoms with Crippen molar-refractivity contribution in [3.63, 3.8) is 0 Å². The number of carbonyl (C=O) groups is 1. The van der Waals surface area contributed by atoms with Crippen molar-refractivity contribution in [2.24, 2.45) is 0 Å². The van der Waals surface area contributed by atoms with Crippen molar-refractivity contribution in [3.8, 4) is 0 Å². The molecule has 1 aromatic heterocycles. The molecule has 3 aromatic carbocycles. The van der Waals surface area contributed by atoms with E-state index in [0.717, 1.165) is 16.5 Å². The Morgan fingerprint density at radius 2 is 1.56 bits per heavy atom. The molecule has 0 unspecified atom stereocenters. The minimum absolute atomic E-state index is 0.250. The van der Waals surface area contributed by atoms with Gasteiger partial charge in [-0.15, -0.1) is 0 Å². The minimum atomic E-state index is -0.296. The van der Waals surface area contributed by atoms with E-state index in [4.69, 9.17) is 16.0 Å². The van der Waals surface area contributed by atoms with Gasteiger partial charge in [0.25, 0.3) is 5.91 Å². The molecule has 1 heterocycles. The lowest BCUT2D eigenvalue weighted by Gasteiger charge is -2.03. The summed E-state index contributed by atoms with van der Waals surface area (Å²) in [7, 11) is 0. The number of carbonyl (C=O) groups excluding carboxylic acids is 1. The number of rotatable bonds is 4. The third kappa shape index (κ3) is 4.10. The van der Waals surface area contributed by atoms with Crippen molar-refractivity contribution < 1.29 is 9.21 Å². The Bertz CT molecular complexity index is 1110. The molecule has 4 heteroatoms. The van der Waals surface area contributed by atoms with Gasteiger partial charge in [-0.1, -0.05) is 66.2 Å². The SMILES string of the molecule is O=C(Nc1ccc(/C=C/c2ccccc2)cc1)c1cc2cc(Cl)ccc2o1. The van der Waals surface area contributed by atoms with E-state index in [9.17, 15) is 4.79 Å². The number of hydrogen-bond acceptors (Lipinski definition) is 2. The summed E-state index contributed by atoms with van der Waals surface area (Å²) in [6, 6.07) is 24.7. The van der Waals surface area contributed by atoms with E-state index < -0.39 is 0 Å². The quantitative estimate of drug-likeness (QED) is 0.414. The highest BCUT2D eigenvalue weighted by molar-refractivity contribution is 6.31. The van der Waals surface area contributed by atoms with Gasteiger partial charge in [-0.25, -0.2) is 0 Å². The monoisotopic (exact) mass is 373 g/mol. The number of anilines is 1. The summed E-state index contributed by atoms with van der Waals surface area (Å²) in [5.41, 5.74) is 3.52. The molecule has 1 amide bonds. The van der Waals surface area contributed by atoms with Gasteiger partial charge in [0, 0.05) is 16.1 Å². The fraction of sp³-hybridized carbons (Fsp3) is 0. The first-order valence-electron chi connectivity index (χ1n) is 8.51. The first-order valence-corrected chi connectivity index (χ1v) is 8.89. The zero-order valence-electron chi connectivity index (χ0n) is 14.4. The first-order chi connectivity index (χ1) is 13.2.